The molecule has 23 heavy (non-hydrogen) atoms. The van der Waals surface area contributed by atoms with Crippen LogP contribution in [0, 0.1) is 5.92 Å². The van der Waals surface area contributed by atoms with E-state index in [0.717, 1.165) is 25.9 Å². The van der Waals surface area contributed by atoms with Gasteiger partial charge in [-0.1, -0.05) is 25.1 Å². The molecule has 1 aliphatic heterocycles. The van der Waals surface area contributed by atoms with E-state index < -0.39 is 9.84 Å². The summed E-state index contributed by atoms with van der Waals surface area (Å²) >= 11 is 0. The molecule has 0 radical (unpaired) electrons. The summed E-state index contributed by atoms with van der Waals surface area (Å²) < 4.78 is 24.8. The lowest BCUT2D eigenvalue weighted by Crippen LogP contribution is -2.45. The van der Waals surface area contributed by atoms with E-state index in [9.17, 15) is 13.2 Å². The van der Waals surface area contributed by atoms with Gasteiger partial charge < -0.3 is 10.6 Å². The fourth-order valence-electron chi connectivity index (χ4n) is 2.65. The molecule has 1 aliphatic rings. The predicted molar refractivity (Wildman–Crippen MR) is 93.6 cm³/mol. The van der Waals surface area contributed by atoms with Gasteiger partial charge >= 0.3 is 0 Å². The van der Waals surface area contributed by atoms with E-state index >= 15 is 0 Å². The zero-order chi connectivity index (χ0) is 16.0. The van der Waals surface area contributed by atoms with Crippen LogP contribution in [-0.4, -0.2) is 39.2 Å². The van der Waals surface area contributed by atoms with Crippen LogP contribution in [0.2, 0.25) is 0 Å². The van der Waals surface area contributed by atoms with Gasteiger partial charge in [-0.3, -0.25) is 4.79 Å². The predicted octanol–water partition coefficient (Wildman–Crippen LogP) is 1.78. The Kier molecular flexibility index (Phi) is 8.02. The van der Waals surface area contributed by atoms with Gasteiger partial charge in [0.15, 0.2) is 9.84 Å². The maximum atomic E-state index is 12.4. The molecule has 2 N–H and O–H groups in total. The summed E-state index contributed by atoms with van der Waals surface area (Å²) in [5.41, 5.74) is 0. The number of benzene rings is 1. The van der Waals surface area contributed by atoms with E-state index in [4.69, 9.17) is 0 Å². The molecule has 1 aromatic rings. The molecule has 5 nitrogen and oxygen atoms in total. The Labute approximate surface area is 144 Å². The van der Waals surface area contributed by atoms with Crippen molar-refractivity contribution in [3.63, 3.8) is 0 Å². The molecule has 0 bridgehead atoms. The number of sulfone groups is 1. The third-order valence-corrected chi connectivity index (χ3v) is 5.90. The van der Waals surface area contributed by atoms with Crippen LogP contribution in [0.15, 0.2) is 35.2 Å². The van der Waals surface area contributed by atoms with E-state index in [-0.39, 0.29) is 36.0 Å². The van der Waals surface area contributed by atoms with Gasteiger partial charge in [-0.15, -0.1) is 12.4 Å². The summed E-state index contributed by atoms with van der Waals surface area (Å²) in [6.07, 6.45) is 2.23. The van der Waals surface area contributed by atoms with Crippen LogP contribution in [0.4, 0.5) is 0 Å². The van der Waals surface area contributed by atoms with Crippen LogP contribution in [0.25, 0.3) is 0 Å². The highest BCUT2D eigenvalue weighted by molar-refractivity contribution is 7.91. The van der Waals surface area contributed by atoms with Gasteiger partial charge in [-0.05, 0) is 44.5 Å². The van der Waals surface area contributed by atoms with Crippen molar-refractivity contribution < 1.29 is 13.2 Å². The maximum Gasteiger partial charge on any atom is 0.223 e. The first-order valence-electron chi connectivity index (χ1n) is 7.82. The first-order valence-corrected chi connectivity index (χ1v) is 9.47. The largest absolute Gasteiger partial charge is 0.352 e. The first-order chi connectivity index (χ1) is 10.5. The molecule has 1 unspecified atom stereocenters. The lowest BCUT2D eigenvalue weighted by Gasteiger charge is -2.25. The Balaban J connectivity index is 0.00000264. The minimum atomic E-state index is -3.38. The number of halogens is 1. The Morgan fingerprint density at radius 2 is 1.87 bits per heavy atom. The van der Waals surface area contributed by atoms with E-state index in [1.807, 2.05) is 6.92 Å². The molecular formula is C16H25ClN2O3S. The minimum Gasteiger partial charge on any atom is -0.352 e. The van der Waals surface area contributed by atoms with Gasteiger partial charge in [-0.2, -0.15) is 0 Å². The molecule has 0 spiro atoms. The maximum absolute atomic E-state index is 12.4. The Morgan fingerprint density at radius 1 is 1.26 bits per heavy atom. The average Bonchev–Trinajstić information content (AvgIpc) is 2.55. The highest BCUT2D eigenvalue weighted by atomic mass is 35.5. The van der Waals surface area contributed by atoms with Crippen molar-refractivity contribution in [2.24, 2.45) is 5.92 Å². The number of hydrogen-bond donors (Lipinski definition) is 2. The molecule has 0 saturated carbocycles. The standard InChI is InChI=1S/C16H24N2O3S.ClH/c1-2-14(18-16(19)13-8-10-17-11-9-13)12-22(20,21)15-6-4-3-5-7-15;/h3-7,13-14,17H,2,8-12H2,1H3,(H,18,19);1H. The number of carbonyl (C=O) groups is 1. The van der Waals surface area contributed by atoms with Crippen molar-refractivity contribution in [3.8, 4) is 0 Å². The Hall–Kier alpha value is -1.11. The van der Waals surface area contributed by atoms with E-state index in [1.165, 1.54) is 0 Å². The zero-order valence-electron chi connectivity index (χ0n) is 13.3. The molecule has 0 aromatic heterocycles. The summed E-state index contributed by atoms with van der Waals surface area (Å²) in [7, 11) is -3.38. The van der Waals surface area contributed by atoms with Gasteiger partial charge in [0.1, 0.15) is 0 Å². The van der Waals surface area contributed by atoms with Crippen LogP contribution in [-0.2, 0) is 14.6 Å². The summed E-state index contributed by atoms with van der Waals surface area (Å²) in [5.74, 6) is -0.0733. The molecule has 1 fully saturated rings. The number of carbonyl (C=O) groups excluding carboxylic acids is 1. The second-order valence-electron chi connectivity index (χ2n) is 5.73. The number of piperidine rings is 1. The molecule has 2 rings (SSSR count). The van der Waals surface area contributed by atoms with Crippen molar-refractivity contribution in [1.29, 1.82) is 0 Å². The summed E-state index contributed by atoms with van der Waals surface area (Å²) in [4.78, 5) is 12.6. The molecule has 1 saturated heterocycles. The smallest absolute Gasteiger partial charge is 0.223 e. The van der Waals surface area contributed by atoms with Crippen molar-refractivity contribution >= 4 is 28.2 Å². The Bertz CT molecular complexity index is 587. The summed E-state index contributed by atoms with van der Waals surface area (Å²) in [5, 5.41) is 6.14. The quantitative estimate of drug-likeness (QED) is 0.810. The molecule has 1 aromatic carbocycles. The van der Waals surface area contributed by atoms with Crippen LogP contribution in [0.1, 0.15) is 26.2 Å². The SMILES string of the molecule is CCC(CS(=O)(=O)c1ccccc1)NC(=O)C1CCNCC1.Cl. The van der Waals surface area contributed by atoms with Crippen LogP contribution < -0.4 is 10.6 Å². The highest BCUT2D eigenvalue weighted by Gasteiger charge is 2.26. The van der Waals surface area contributed by atoms with Gasteiger partial charge in [0, 0.05) is 12.0 Å². The number of amides is 1. The molecule has 1 amide bonds. The number of rotatable bonds is 6. The third-order valence-electron chi connectivity index (χ3n) is 4.07. The van der Waals surface area contributed by atoms with Gasteiger partial charge in [0.05, 0.1) is 10.6 Å². The highest BCUT2D eigenvalue weighted by Crippen LogP contribution is 2.15. The fraction of sp³-hybridized carbons (Fsp3) is 0.562. The molecule has 130 valence electrons. The van der Waals surface area contributed by atoms with E-state index in [2.05, 4.69) is 10.6 Å². The zero-order valence-corrected chi connectivity index (χ0v) is 15.0. The van der Waals surface area contributed by atoms with Crippen LogP contribution >= 0.6 is 12.4 Å². The first kappa shape index (κ1) is 19.9. The van der Waals surface area contributed by atoms with Gasteiger partial charge in [-0.25, -0.2) is 8.42 Å². The molecular weight excluding hydrogens is 336 g/mol. The second kappa shape index (κ2) is 9.25. The van der Waals surface area contributed by atoms with Crippen LogP contribution in [0.5, 0.6) is 0 Å². The lowest BCUT2D eigenvalue weighted by atomic mass is 9.97. The van der Waals surface area contributed by atoms with Crippen molar-refractivity contribution in [2.45, 2.75) is 37.1 Å². The molecule has 1 atom stereocenters. The van der Waals surface area contributed by atoms with Gasteiger partial charge in [0.25, 0.3) is 0 Å². The molecule has 1 heterocycles. The summed E-state index contributed by atoms with van der Waals surface area (Å²) in [6.45, 7) is 3.59. The normalized spacial score (nSPS) is 17.1. The van der Waals surface area contributed by atoms with Crippen molar-refractivity contribution in [2.75, 3.05) is 18.8 Å². The van der Waals surface area contributed by atoms with Gasteiger partial charge in [0.2, 0.25) is 5.91 Å². The fourth-order valence-corrected chi connectivity index (χ4v) is 4.27. The third kappa shape index (κ3) is 5.79. The topological polar surface area (TPSA) is 75.3 Å². The molecule has 7 heteroatoms. The monoisotopic (exact) mass is 360 g/mol. The number of hydrogen-bond acceptors (Lipinski definition) is 4. The number of nitrogens with one attached hydrogen (secondary N) is 2. The van der Waals surface area contributed by atoms with Crippen molar-refractivity contribution in [3.05, 3.63) is 30.3 Å². The average molecular weight is 361 g/mol. The lowest BCUT2D eigenvalue weighted by molar-refractivity contribution is -0.126. The summed E-state index contributed by atoms with van der Waals surface area (Å²) in [6, 6.07) is 8.05. The van der Waals surface area contributed by atoms with E-state index in [1.54, 1.807) is 30.3 Å². The van der Waals surface area contributed by atoms with Crippen molar-refractivity contribution in [1.82, 2.24) is 10.6 Å². The molecule has 0 aliphatic carbocycles. The Morgan fingerprint density at radius 3 is 2.43 bits per heavy atom. The minimum absolute atomic E-state index is 0. The van der Waals surface area contributed by atoms with E-state index in [0.29, 0.717) is 11.3 Å². The second-order valence-corrected chi connectivity index (χ2v) is 7.77. The van der Waals surface area contributed by atoms with Crippen LogP contribution in [0.3, 0.4) is 0 Å².